The van der Waals surface area contributed by atoms with Crippen LogP contribution >= 0.6 is 31.9 Å². The van der Waals surface area contributed by atoms with Gasteiger partial charge in [0.25, 0.3) is 0 Å². The van der Waals surface area contributed by atoms with Crippen LogP contribution in [0.1, 0.15) is 0 Å². The molecule has 1 rings (SSSR count). The van der Waals surface area contributed by atoms with E-state index in [4.69, 9.17) is 9.84 Å². The number of benzene rings is 1. The third kappa shape index (κ3) is 2.95. The molecule has 6 heteroatoms. The Morgan fingerprint density at radius 3 is 2.36 bits per heavy atom. The van der Waals surface area contributed by atoms with Crippen molar-refractivity contribution in [1.82, 2.24) is 0 Å². The van der Waals surface area contributed by atoms with Crippen LogP contribution in [0.3, 0.4) is 0 Å². The second-order valence-electron chi connectivity index (χ2n) is 2.38. The largest absolute Gasteiger partial charge is 0.480 e. The number of halogens is 3. The Morgan fingerprint density at radius 1 is 1.43 bits per heavy atom. The van der Waals surface area contributed by atoms with Gasteiger partial charge < -0.3 is 9.84 Å². The molecule has 0 fully saturated rings. The summed E-state index contributed by atoms with van der Waals surface area (Å²) in [6, 6.07) is 2.39. The maximum absolute atomic E-state index is 12.8. The smallest absolute Gasteiger partial charge is 0.341 e. The highest BCUT2D eigenvalue weighted by atomic mass is 79.9. The predicted molar refractivity (Wildman–Crippen MR) is 54.9 cm³/mol. The van der Waals surface area contributed by atoms with Gasteiger partial charge in [-0.15, -0.1) is 0 Å². The van der Waals surface area contributed by atoms with E-state index >= 15 is 0 Å². The van der Waals surface area contributed by atoms with Gasteiger partial charge in [-0.1, -0.05) is 0 Å². The summed E-state index contributed by atoms with van der Waals surface area (Å²) in [6.45, 7) is -0.469. The summed E-state index contributed by atoms with van der Waals surface area (Å²) >= 11 is 6.12. The quantitative estimate of drug-likeness (QED) is 0.928. The molecule has 0 heterocycles. The minimum atomic E-state index is -1.09. The van der Waals surface area contributed by atoms with Crippen LogP contribution in [0, 0.1) is 5.82 Å². The fourth-order valence-electron chi connectivity index (χ4n) is 0.801. The number of aliphatic carboxylic acids is 1. The molecule has 0 aliphatic heterocycles. The summed E-state index contributed by atoms with van der Waals surface area (Å²) in [5, 5.41) is 8.38. The zero-order chi connectivity index (χ0) is 10.7. The molecule has 0 bridgehead atoms. The average Bonchev–Trinajstić information content (AvgIpc) is 2.01. The molecule has 0 unspecified atom stereocenters. The van der Waals surface area contributed by atoms with E-state index in [0.717, 1.165) is 0 Å². The lowest BCUT2D eigenvalue weighted by Gasteiger charge is -2.07. The number of carboxylic acids is 1. The lowest BCUT2D eigenvalue weighted by molar-refractivity contribution is -0.139. The molecule has 3 nitrogen and oxygen atoms in total. The second kappa shape index (κ2) is 4.75. The minimum Gasteiger partial charge on any atom is -0.480 e. The van der Waals surface area contributed by atoms with Crippen LogP contribution < -0.4 is 4.74 Å². The van der Waals surface area contributed by atoms with E-state index in [2.05, 4.69) is 31.9 Å². The molecule has 76 valence electrons. The third-order valence-electron chi connectivity index (χ3n) is 1.30. The number of carboxylic acid groups (broad SMARTS) is 1. The summed E-state index contributed by atoms with van der Waals surface area (Å²) in [7, 11) is 0. The zero-order valence-electron chi connectivity index (χ0n) is 6.76. The van der Waals surface area contributed by atoms with Crippen molar-refractivity contribution in [3.63, 3.8) is 0 Å². The van der Waals surface area contributed by atoms with Gasteiger partial charge in [-0.3, -0.25) is 0 Å². The number of hydrogen-bond acceptors (Lipinski definition) is 2. The van der Waals surface area contributed by atoms with Gasteiger partial charge in [-0.05, 0) is 44.0 Å². The van der Waals surface area contributed by atoms with Gasteiger partial charge in [0, 0.05) is 0 Å². The third-order valence-corrected chi connectivity index (χ3v) is 2.48. The summed E-state index contributed by atoms with van der Waals surface area (Å²) in [6.07, 6.45) is 0. The highest BCUT2D eigenvalue weighted by Crippen LogP contribution is 2.34. The van der Waals surface area contributed by atoms with Crippen molar-refractivity contribution >= 4 is 37.8 Å². The Morgan fingerprint density at radius 2 is 1.93 bits per heavy atom. The second-order valence-corrected chi connectivity index (χ2v) is 4.09. The van der Waals surface area contributed by atoms with Crippen LogP contribution in [0.2, 0.25) is 0 Å². The molecule has 0 aliphatic carbocycles. The van der Waals surface area contributed by atoms with E-state index in [-0.39, 0.29) is 5.75 Å². The van der Waals surface area contributed by atoms with Crippen LogP contribution in [0.4, 0.5) is 4.39 Å². The SMILES string of the molecule is O=C(O)COc1c(Br)cc(F)cc1Br. The highest BCUT2D eigenvalue weighted by molar-refractivity contribution is 9.11. The molecule has 0 amide bonds. The van der Waals surface area contributed by atoms with Crippen molar-refractivity contribution in [1.29, 1.82) is 0 Å². The molecule has 0 spiro atoms. The average molecular weight is 328 g/mol. The summed E-state index contributed by atoms with van der Waals surface area (Å²) in [5.41, 5.74) is 0. The first kappa shape index (κ1) is 11.5. The van der Waals surface area contributed by atoms with Crippen LogP contribution in [0.25, 0.3) is 0 Å². The van der Waals surface area contributed by atoms with Gasteiger partial charge in [-0.25, -0.2) is 9.18 Å². The van der Waals surface area contributed by atoms with E-state index in [0.29, 0.717) is 8.95 Å². The minimum absolute atomic E-state index is 0.272. The molecule has 0 aliphatic rings. The van der Waals surface area contributed by atoms with Crippen LogP contribution in [0.15, 0.2) is 21.1 Å². The summed E-state index contributed by atoms with van der Waals surface area (Å²) < 4.78 is 18.4. The lowest BCUT2D eigenvalue weighted by atomic mass is 10.3. The van der Waals surface area contributed by atoms with Crippen molar-refractivity contribution in [2.24, 2.45) is 0 Å². The molecule has 1 aromatic carbocycles. The Kier molecular flexibility index (Phi) is 3.88. The Hall–Kier alpha value is -0.620. The van der Waals surface area contributed by atoms with Gasteiger partial charge in [0.05, 0.1) is 8.95 Å². The van der Waals surface area contributed by atoms with Gasteiger partial charge in [0.15, 0.2) is 6.61 Å². The Balaban J connectivity index is 2.91. The van der Waals surface area contributed by atoms with Crippen molar-refractivity contribution in [2.45, 2.75) is 0 Å². The number of carbonyl (C=O) groups is 1. The molecular formula is C8H5Br2FO3. The van der Waals surface area contributed by atoms with Gasteiger partial charge in [0.2, 0.25) is 0 Å². The van der Waals surface area contributed by atoms with Crippen molar-refractivity contribution in [3.8, 4) is 5.75 Å². The Labute approximate surface area is 96.1 Å². The van der Waals surface area contributed by atoms with Gasteiger partial charge >= 0.3 is 5.97 Å². The zero-order valence-corrected chi connectivity index (χ0v) is 9.93. The fourth-order valence-corrected chi connectivity index (χ4v) is 2.16. The first-order valence-electron chi connectivity index (χ1n) is 3.50. The lowest BCUT2D eigenvalue weighted by Crippen LogP contribution is -2.10. The summed E-state index contributed by atoms with van der Waals surface area (Å²) in [4.78, 5) is 10.2. The molecule has 0 aromatic heterocycles. The summed E-state index contributed by atoms with van der Waals surface area (Å²) in [5.74, 6) is -1.26. The van der Waals surface area contributed by atoms with Gasteiger partial charge in [0.1, 0.15) is 11.6 Å². The maximum Gasteiger partial charge on any atom is 0.341 e. The normalized spacial score (nSPS) is 9.93. The topological polar surface area (TPSA) is 46.5 Å². The fraction of sp³-hybridized carbons (Fsp3) is 0.125. The van der Waals surface area contributed by atoms with E-state index in [1.807, 2.05) is 0 Å². The molecule has 1 N–H and O–H groups in total. The van der Waals surface area contributed by atoms with E-state index < -0.39 is 18.4 Å². The molecule has 0 saturated carbocycles. The van der Waals surface area contributed by atoms with Crippen LogP contribution in [0.5, 0.6) is 5.75 Å². The molecule has 0 atom stereocenters. The van der Waals surface area contributed by atoms with Gasteiger partial charge in [-0.2, -0.15) is 0 Å². The monoisotopic (exact) mass is 326 g/mol. The molecule has 14 heavy (non-hydrogen) atoms. The van der Waals surface area contributed by atoms with E-state index in [9.17, 15) is 9.18 Å². The molecule has 0 saturated heterocycles. The van der Waals surface area contributed by atoms with Crippen LogP contribution in [-0.2, 0) is 4.79 Å². The van der Waals surface area contributed by atoms with Crippen LogP contribution in [-0.4, -0.2) is 17.7 Å². The van der Waals surface area contributed by atoms with E-state index in [1.165, 1.54) is 12.1 Å². The first-order valence-corrected chi connectivity index (χ1v) is 5.08. The maximum atomic E-state index is 12.8. The Bertz CT molecular complexity index is 345. The number of hydrogen-bond donors (Lipinski definition) is 1. The first-order chi connectivity index (χ1) is 6.50. The van der Waals surface area contributed by atoms with Crippen molar-refractivity contribution in [3.05, 3.63) is 26.9 Å². The molecular weight excluding hydrogens is 323 g/mol. The number of rotatable bonds is 3. The number of ether oxygens (including phenoxy) is 1. The predicted octanol–water partition coefficient (Wildman–Crippen LogP) is 2.81. The molecule has 1 aromatic rings. The highest BCUT2D eigenvalue weighted by Gasteiger charge is 2.10. The van der Waals surface area contributed by atoms with Crippen molar-refractivity contribution < 1.29 is 19.0 Å². The van der Waals surface area contributed by atoms with Crippen molar-refractivity contribution in [2.75, 3.05) is 6.61 Å². The molecule has 0 radical (unpaired) electrons. The standard InChI is InChI=1S/C8H5Br2FO3/c9-5-1-4(11)2-6(10)8(5)14-3-7(12)13/h1-2H,3H2,(H,12,13). The van der Waals surface area contributed by atoms with E-state index in [1.54, 1.807) is 0 Å².